The van der Waals surface area contributed by atoms with Crippen LogP contribution in [0.1, 0.15) is 45.7 Å². The number of rotatable bonds is 13. The third-order valence-electron chi connectivity index (χ3n) is 9.62. The molecule has 2 aliphatic rings. The van der Waals surface area contributed by atoms with E-state index < -0.39 is 11.7 Å². The summed E-state index contributed by atoms with van der Waals surface area (Å²) in [5.41, 5.74) is 3.24. The Balaban J connectivity index is 1.20. The van der Waals surface area contributed by atoms with Gasteiger partial charge in [0, 0.05) is 81.1 Å². The fourth-order valence-corrected chi connectivity index (χ4v) is 6.40. The van der Waals surface area contributed by atoms with E-state index in [9.17, 15) is 9.59 Å². The Morgan fingerprint density at radius 3 is 2.33 bits per heavy atom. The zero-order valence-electron chi connectivity index (χ0n) is 31.5. The quantitative estimate of drug-likeness (QED) is 0.170. The fourth-order valence-electron chi connectivity index (χ4n) is 6.40. The number of nitrogens with zero attached hydrogens (tertiary/aromatic N) is 5. The molecule has 0 atom stereocenters. The lowest BCUT2D eigenvalue weighted by molar-refractivity contribution is 0.0302. The van der Waals surface area contributed by atoms with Crippen LogP contribution >= 0.6 is 0 Å². The topological polar surface area (TPSA) is 131 Å². The fraction of sp³-hybridized carbons (Fsp3) is 0.400. The summed E-state index contributed by atoms with van der Waals surface area (Å²) in [5.74, 6) is -0.600. The number of methoxy groups -OCH3 is 1. The minimum atomic E-state index is -0.540. The van der Waals surface area contributed by atoms with E-state index in [-0.39, 0.29) is 40.5 Å². The van der Waals surface area contributed by atoms with Gasteiger partial charge in [0.25, 0.3) is 11.8 Å². The number of amides is 2. The molecule has 2 aliphatic heterocycles. The smallest absolute Gasteiger partial charge is 0.262 e. The number of nitrogens with one attached hydrogen (secondary N) is 2. The van der Waals surface area contributed by atoms with Crippen LogP contribution in [0.4, 0.5) is 21.7 Å². The number of halogens is 1. The Kier molecular flexibility index (Phi) is 12.6. The van der Waals surface area contributed by atoms with E-state index in [1.165, 1.54) is 19.4 Å². The molecule has 2 saturated heterocycles. The molecule has 1 aromatic heterocycles. The third-order valence-corrected chi connectivity index (χ3v) is 9.62. The molecule has 13 nitrogen and oxygen atoms in total. The van der Waals surface area contributed by atoms with E-state index >= 15 is 4.39 Å². The number of morpholine rings is 1. The molecule has 2 amide bonds. The number of anilines is 3. The van der Waals surface area contributed by atoms with Crippen molar-refractivity contribution in [1.29, 1.82) is 0 Å². The average molecular weight is 742 g/mol. The van der Waals surface area contributed by atoms with Crippen LogP contribution in [0, 0.1) is 19.7 Å². The first kappa shape index (κ1) is 38.4. The van der Waals surface area contributed by atoms with Gasteiger partial charge in [-0.1, -0.05) is 18.2 Å². The molecule has 4 aromatic rings. The Morgan fingerprint density at radius 1 is 0.926 bits per heavy atom. The van der Waals surface area contributed by atoms with Crippen LogP contribution < -0.4 is 24.8 Å². The average Bonchev–Trinajstić information content (AvgIpc) is 3.17. The number of benzene rings is 3. The predicted molar refractivity (Wildman–Crippen MR) is 204 cm³/mol. The standard InChI is InChI=1S/C40H48FN7O6/c1-26(2)47-15-13-46(14-16-47)17-22-53-33-12-10-30(24-32(33)41)43-40-42-25-31(37(49)44-36-27(3)7-6-8-28(36)4)38(45-40)54-34-11-9-29(23-35(34)51-5)39(50)48-18-20-52-21-19-48/h6-12,23-26H,13-22H2,1-5H3,(H,44,49)(H,42,43,45). The highest BCUT2D eigenvalue weighted by molar-refractivity contribution is 6.06. The van der Waals surface area contributed by atoms with Crippen molar-refractivity contribution in [2.45, 2.75) is 33.7 Å². The number of hydrogen-bond acceptors (Lipinski definition) is 11. The molecule has 2 fully saturated rings. The normalized spacial score (nSPS) is 15.2. The van der Waals surface area contributed by atoms with Crippen LogP contribution in [0.25, 0.3) is 0 Å². The molecule has 0 bridgehead atoms. The number of aryl methyl sites for hydroxylation is 2. The first-order chi connectivity index (χ1) is 26.1. The van der Waals surface area contributed by atoms with Crippen LogP contribution in [0.3, 0.4) is 0 Å². The van der Waals surface area contributed by atoms with E-state index in [1.807, 2.05) is 32.0 Å². The highest BCUT2D eigenvalue weighted by Gasteiger charge is 2.24. The van der Waals surface area contributed by atoms with E-state index in [4.69, 9.17) is 18.9 Å². The second kappa shape index (κ2) is 17.7. The molecule has 2 N–H and O–H groups in total. The molecule has 0 aliphatic carbocycles. The number of hydrogen-bond donors (Lipinski definition) is 2. The van der Waals surface area contributed by atoms with Crippen LogP contribution in [0.15, 0.2) is 60.8 Å². The minimum Gasteiger partial charge on any atom is -0.493 e. The van der Waals surface area contributed by atoms with Gasteiger partial charge >= 0.3 is 0 Å². The maximum Gasteiger partial charge on any atom is 0.262 e. The second-order valence-corrected chi connectivity index (χ2v) is 13.6. The summed E-state index contributed by atoms with van der Waals surface area (Å²) >= 11 is 0. The van der Waals surface area contributed by atoms with Gasteiger partial charge < -0.3 is 34.5 Å². The lowest BCUT2D eigenvalue weighted by Gasteiger charge is -2.36. The zero-order chi connectivity index (χ0) is 38.2. The largest absolute Gasteiger partial charge is 0.493 e. The van der Waals surface area contributed by atoms with Crippen molar-refractivity contribution in [3.63, 3.8) is 0 Å². The molecule has 286 valence electrons. The summed E-state index contributed by atoms with van der Waals surface area (Å²) in [7, 11) is 1.46. The molecule has 14 heteroatoms. The molecule has 0 saturated carbocycles. The van der Waals surface area contributed by atoms with Gasteiger partial charge in [-0.2, -0.15) is 4.98 Å². The molecule has 0 spiro atoms. The first-order valence-corrected chi connectivity index (χ1v) is 18.2. The molecule has 0 unspecified atom stereocenters. The lowest BCUT2D eigenvalue weighted by Crippen LogP contribution is -2.49. The molecular formula is C40H48FN7O6. The van der Waals surface area contributed by atoms with Crippen LogP contribution in [-0.4, -0.2) is 115 Å². The molecule has 6 rings (SSSR count). The number of carbonyl (C=O) groups excluding carboxylic acids is 2. The maximum atomic E-state index is 15.2. The van der Waals surface area contributed by atoms with Gasteiger partial charge in [-0.25, -0.2) is 9.37 Å². The minimum absolute atomic E-state index is 0.0410. The third kappa shape index (κ3) is 9.43. The van der Waals surface area contributed by atoms with Gasteiger partial charge in [-0.05, 0) is 69.2 Å². The summed E-state index contributed by atoms with van der Waals surface area (Å²) < 4.78 is 38.2. The Labute approximate surface area is 315 Å². The summed E-state index contributed by atoms with van der Waals surface area (Å²) in [5, 5.41) is 5.97. The summed E-state index contributed by atoms with van der Waals surface area (Å²) in [6.07, 6.45) is 1.34. The number of para-hydroxylation sites is 1. The highest BCUT2D eigenvalue weighted by atomic mass is 19.1. The second-order valence-electron chi connectivity index (χ2n) is 13.6. The van der Waals surface area contributed by atoms with Crippen LogP contribution in [-0.2, 0) is 4.74 Å². The van der Waals surface area contributed by atoms with Crippen molar-refractivity contribution in [3.05, 3.63) is 88.9 Å². The van der Waals surface area contributed by atoms with E-state index in [2.05, 4.69) is 44.2 Å². The van der Waals surface area contributed by atoms with E-state index in [0.717, 1.165) is 37.3 Å². The van der Waals surface area contributed by atoms with Crippen molar-refractivity contribution in [2.75, 3.05) is 83.4 Å². The first-order valence-electron chi connectivity index (χ1n) is 18.2. The van der Waals surface area contributed by atoms with Gasteiger partial charge in [0.05, 0.1) is 20.3 Å². The number of piperazine rings is 1. The van der Waals surface area contributed by atoms with Crippen molar-refractivity contribution in [3.8, 4) is 23.1 Å². The Morgan fingerprint density at radius 2 is 1.65 bits per heavy atom. The highest BCUT2D eigenvalue weighted by Crippen LogP contribution is 2.35. The molecule has 3 heterocycles. The summed E-state index contributed by atoms with van der Waals surface area (Å²) in [6.45, 7) is 15.2. The van der Waals surface area contributed by atoms with Crippen molar-refractivity contribution in [2.24, 2.45) is 0 Å². The number of carbonyl (C=O) groups is 2. The van der Waals surface area contributed by atoms with Gasteiger partial charge in [-0.3, -0.25) is 19.4 Å². The van der Waals surface area contributed by atoms with Crippen molar-refractivity contribution >= 4 is 29.1 Å². The Hall–Kier alpha value is -5.31. The summed E-state index contributed by atoms with van der Waals surface area (Å²) in [6, 6.07) is 15.6. The Bertz CT molecular complexity index is 1930. The monoisotopic (exact) mass is 741 g/mol. The SMILES string of the molecule is COc1cc(C(=O)N2CCOCC2)ccc1Oc1nc(Nc2ccc(OCCN3CCN(C(C)C)CC3)c(F)c2)ncc1C(=O)Nc1c(C)cccc1C. The van der Waals surface area contributed by atoms with Crippen molar-refractivity contribution in [1.82, 2.24) is 24.7 Å². The van der Waals surface area contributed by atoms with Gasteiger partial charge in [0.2, 0.25) is 11.8 Å². The van der Waals surface area contributed by atoms with Gasteiger partial charge in [0.1, 0.15) is 12.2 Å². The van der Waals surface area contributed by atoms with Crippen molar-refractivity contribution < 1.29 is 32.9 Å². The van der Waals surface area contributed by atoms with Crippen LogP contribution in [0.2, 0.25) is 0 Å². The summed E-state index contributed by atoms with van der Waals surface area (Å²) in [4.78, 5) is 42.3. The zero-order valence-corrected chi connectivity index (χ0v) is 31.5. The lowest BCUT2D eigenvalue weighted by atomic mass is 10.1. The maximum absolute atomic E-state index is 15.2. The molecule has 0 radical (unpaired) electrons. The van der Waals surface area contributed by atoms with E-state index in [0.29, 0.717) is 62.4 Å². The predicted octanol–water partition coefficient (Wildman–Crippen LogP) is 5.91. The van der Waals surface area contributed by atoms with E-state index in [1.54, 1.807) is 35.2 Å². The van der Waals surface area contributed by atoms with Gasteiger partial charge in [-0.15, -0.1) is 0 Å². The molecule has 54 heavy (non-hydrogen) atoms. The van der Waals surface area contributed by atoms with Gasteiger partial charge in [0.15, 0.2) is 23.1 Å². The molecular weight excluding hydrogens is 693 g/mol. The number of aromatic nitrogens is 2. The molecule has 3 aromatic carbocycles. The number of ether oxygens (including phenoxy) is 4. The van der Waals surface area contributed by atoms with Crippen LogP contribution in [0.5, 0.6) is 23.1 Å².